The molecule has 4 heteroatoms. The SMILES string of the molecule is c1ccc(-c2ccc(-n3c4ccccc4c4ccc5c(c6ccccc6n5-c5ccccc5-c5cc(-c6ccccc6)nc(-c6ccc7ccccc7c6)n5)c43)cc2)cc1. The van der Waals surface area contributed by atoms with E-state index in [9.17, 15) is 0 Å². The Morgan fingerprint density at radius 2 is 0.933 bits per heavy atom. The first kappa shape index (κ1) is 34.0. The number of hydrogen-bond donors (Lipinski definition) is 0. The molecule has 0 fully saturated rings. The molecule has 0 aliphatic heterocycles. The van der Waals surface area contributed by atoms with Crippen molar-refractivity contribution in [2.75, 3.05) is 0 Å². The minimum Gasteiger partial charge on any atom is -0.309 e. The number of para-hydroxylation sites is 3. The molecule has 280 valence electrons. The van der Waals surface area contributed by atoms with E-state index in [4.69, 9.17) is 9.97 Å². The van der Waals surface area contributed by atoms with Crippen molar-refractivity contribution >= 4 is 54.4 Å². The molecule has 9 aromatic carbocycles. The molecule has 0 aliphatic carbocycles. The van der Waals surface area contributed by atoms with Gasteiger partial charge in [0.1, 0.15) is 0 Å². The number of hydrogen-bond acceptors (Lipinski definition) is 2. The first-order valence-corrected chi connectivity index (χ1v) is 20.4. The van der Waals surface area contributed by atoms with Crippen molar-refractivity contribution in [1.29, 1.82) is 0 Å². The molecule has 0 saturated carbocycles. The maximum Gasteiger partial charge on any atom is 0.160 e. The summed E-state index contributed by atoms with van der Waals surface area (Å²) >= 11 is 0. The average Bonchev–Trinajstić information content (AvgIpc) is 3.85. The van der Waals surface area contributed by atoms with Crippen LogP contribution in [0.5, 0.6) is 0 Å². The second-order valence-electron chi connectivity index (χ2n) is 15.4. The number of fused-ring (bicyclic) bond motifs is 8. The molecule has 0 saturated heterocycles. The van der Waals surface area contributed by atoms with Crippen LogP contribution in [0.1, 0.15) is 0 Å². The molecule has 60 heavy (non-hydrogen) atoms. The van der Waals surface area contributed by atoms with Gasteiger partial charge < -0.3 is 9.13 Å². The van der Waals surface area contributed by atoms with Gasteiger partial charge in [-0.2, -0.15) is 0 Å². The Bertz CT molecular complexity index is 3580. The summed E-state index contributed by atoms with van der Waals surface area (Å²) in [4.78, 5) is 10.6. The zero-order valence-corrected chi connectivity index (χ0v) is 32.6. The van der Waals surface area contributed by atoms with Gasteiger partial charge in [0.2, 0.25) is 0 Å². The van der Waals surface area contributed by atoms with Crippen LogP contribution in [-0.2, 0) is 0 Å². The summed E-state index contributed by atoms with van der Waals surface area (Å²) in [6.07, 6.45) is 0. The Labute approximate surface area is 346 Å². The van der Waals surface area contributed by atoms with E-state index in [0.29, 0.717) is 5.82 Å². The van der Waals surface area contributed by atoms with E-state index in [0.717, 1.165) is 55.9 Å². The third kappa shape index (κ3) is 5.46. The largest absolute Gasteiger partial charge is 0.309 e. The van der Waals surface area contributed by atoms with Crippen LogP contribution in [0.15, 0.2) is 218 Å². The van der Waals surface area contributed by atoms with Gasteiger partial charge >= 0.3 is 0 Å². The fourth-order valence-electron chi connectivity index (χ4n) is 9.15. The summed E-state index contributed by atoms with van der Waals surface area (Å²) < 4.78 is 4.89. The average molecular weight is 765 g/mol. The lowest BCUT2D eigenvalue weighted by molar-refractivity contribution is 1.15. The highest BCUT2D eigenvalue weighted by molar-refractivity contribution is 6.26. The Hall–Kier alpha value is -8.08. The summed E-state index contributed by atoms with van der Waals surface area (Å²) in [5, 5.41) is 7.22. The van der Waals surface area contributed by atoms with Gasteiger partial charge in [-0.15, -0.1) is 0 Å². The predicted molar refractivity (Wildman–Crippen MR) is 250 cm³/mol. The summed E-state index contributed by atoms with van der Waals surface area (Å²) in [5.74, 6) is 0.693. The minimum atomic E-state index is 0.693. The van der Waals surface area contributed by atoms with Gasteiger partial charge in [-0.25, -0.2) is 9.97 Å². The molecule has 0 amide bonds. The van der Waals surface area contributed by atoms with Gasteiger partial charge in [0.15, 0.2) is 5.82 Å². The fraction of sp³-hybridized carbons (Fsp3) is 0. The molecule has 3 heterocycles. The number of benzene rings is 9. The third-order valence-electron chi connectivity index (χ3n) is 11.9. The fourth-order valence-corrected chi connectivity index (χ4v) is 9.15. The van der Waals surface area contributed by atoms with Gasteiger partial charge in [0, 0.05) is 43.9 Å². The molecule has 4 nitrogen and oxygen atoms in total. The van der Waals surface area contributed by atoms with E-state index in [1.54, 1.807) is 0 Å². The highest BCUT2D eigenvalue weighted by atomic mass is 15.0. The van der Waals surface area contributed by atoms with Crippen LogP contribution in [0.4, 0.5) is 0 Å². The van der Waals surface area contributed by atoms with Crippen molar-refractivity contribution in [3.63, 3.8) is 0 Å². The molecule has 0 unspecified atom stereocenters. The quantitative estimate of drug-likeness (QED) is 0.169. The first-order chi connectivity index (χ1) is 29.8. The standard InChI is InChI=1S/C56H36N4/c1-3-15-37(16-4-1)39-29-31-43(32-30-39)59-50-24-12-9-21-44(50)45-33-34-53-54(55(45)59)47-23-11-14-26-52(47)60(53)51-25-13-10-22-46(51)49-36-48(40-18-5-2-6-19-40)57-56(58-49)42-28-27-38-17-7-8-20-41(38)35-42/h1-36H. The molecule has 0 atom stereocenters. The highest BCUT2D eigenvalue weighted by Gasteiger charge is 2.23. The molecule has 12 aromatic rings. The van der Waals surface area contributed by atoms with Crippen LogP contribution >= 0.6 is 0 Å². The Morgan fingerprint density at radius 1 is 0.333 bits per heavy atom. The van der Waals surface area contributed by atoms with Crippen molar-refractivity contribution in [1.82, 2.24) is 19.1 Å². The molecular weight excluding hydrogens is 729 g/mol. The maximum atomic E-state index is 5.37. The normalized spacial score (nSPS) is 11.7. The summed E-state index contributed by atoms with van der Waals surface area (Å²) in [5.41, 5.74) is 14.0. The summed E-state index contributed by atoms with van der Waals surface area (Å²) in [6.45, 7) is 0. The first-order valence-electron chi connectivity index (χ1n) is 20.4. The van der Waals surface area contributed by atoms with Crippen LogP contribution in [-0.4, -0.2) is 19.1 Å². The number of nitrogens with zero attached hydrogens (tertiary/aromatic N) is 4. The number of rotatable bonds is 6. The van der Waals surface area contributed by atoms with Crippen LogP contribution in [0.3, 0.4) is 0 Å². The van der Waals surface area contributed by atoms with Crippen LogP contribution in [0, 0.1) is 0 Å². The molecule has 0 aliphatic rings. The van der Waals surface area contributed by atoms with Crippen molar-refractivity contribution in [2.24, 2.45) is 0 Å². The van der Waals surface area contributed by atoms with E-state index >= 15 is 0 Å². The van der Waals surface area contributed by atoms with Gasteiger partial charge in [-0.3, -0.25) is 0 Å². The molecule has 12 rings (SSSR count). The van der Waals surface area contributed by atoms with Gasteiger partial charge in [-0.05, 0) is 70.4 Å². The maximum absolute atomic E-state index is 5.37. The molecule has 0 bridgehead atoms. The smallest absolute Gasteiger partial charge is 0.160 e. The zero-order chi connectivity index (χ0) is 39.6. The molecule has 0 spiro atoms. The van der Waals surface area contributed by atoms with E-state index in [-0.39, 0.29) is 0 Å². The predicted octanol–water partition coefficient (Wildman–Crippen LogP) is 14.5. The highest BCUT2D eigenvalue weighted by Crippen LogP contribution is 2.43. The van der Waals surface area contributed by atoms with Crippen LogP contribution < -0.4 is 0 Å². The Kier molecular flexibility index (Phi) is 7.82. The topological polar surface area (TPSA) is 35.6 Å². The van der Waals surface area contributed by atoms with Crippen molar-refractivity contribution in [2.45, 2.75) is 0 Å². The van der Waals surface area contributed by atoms with Crippen LogP contribution in [0.2, 0.25) is 0 Å². The lowest BCUT2D eigenvalue weighted by Gasteiger charge is -2.15. The lowest BCUT2D eigenvalue weighted by atomic mass is 10.0. The summed E-state index contributed by atoms with van der Waals surface area (Å²) in [6, 6.07) is 77.9. The van der Waals surface area contributed by atoms with Gasteiger partial charge in [0.25, 0.3) is 0 Å². The minimum absolute atomic E-state index is 0.693. The Balaban J connectivity index is 1.11. The van der Waals surface area contributed by atoms with Crippen molar-refractivity contribution < 1.29 is 0 Å². The Morgan fingerprint density at radius 3 is 1.73 bits per heavy atom. The summed E-state index contributed by atoms with van der Waals surface area (Å²) in [7, 11) is 0. The van der Waals surface area contributed by atoms with Gasteiger partial charge in [0.05, 0.1) is 39.1 Å². The lowest BCUT2D eigenvalue weighted by Crippen LogP contribution is -2.01. The van der Waals surface area contributed by atoms with E-state index < -0.39 is 0 Å². The second-order valence-corrected chi connectivity index (χ2v) is 15.4. The van der Waals surface area contributed by atoms with E-state index in [1.165, 1.54) is 49.1 Å². The zero-order valence-electron chi connectivity index (χ0n) is 32.6. The van der Waals surface area contributed by atoms with Gasteiger partial charge in [-0.1, -0.05) is 170 Å². The van der Waals surface area contributed by atoms with E-state index in [1.807, 2.05) is 6.07 Å². The van der Waals surface area contributed by atoms with E-state index in [2.05, 4.69) is 221 Å². The molecule has 0 N–H and O–H groups in total. The third-order valence-corrected chi connectivity index (χ3v) is 11.9. The molecule has 0 radical (unpaired) electrons. The van der Waals surface area contributed by atoms with Crippen molar-refractivity contribution in [3.05, 3.63) is 218 Å². The van der Waals surface area contributed by atoms with Crippen LogP contribution in [0.25, 0.3) is 111 Å². The van der Waals surface area contributed by atoms with Crippen molar-refractivity contribution in [3.8, 4) is 56.4 Å². The number of aromatic nitrogens is 4. The second kappa shape index (κ2) is 13.8. The monoisotopic (exact) mass is 764 g/mol. The molecule has 3 aromatic heterocycles. The molecular formula is C56H36N4.